The number of aromatic hydroxyl groups is 1. The van der Waals surface area contributed by atoms with Gasteiger partial charge in [-0.2, -0.15) is 13.2 Å². The van der Waals surface area contributed by atoms with E-state index in [9.17, 15) is 36.3 Å². The van der Waals surface area contributed by atoms with E-state index in [1.54, 1.807) is 13.0 Å². The third kappa shape index (κ3) is 4.68. The van der Waals surface area contributed by atoms with Crippen molar-refractivity contribution in [3.8, 4) is 5.75 Å². The fourth-order valence-corrected chi connectivity index (χ4v) is 5.97. The molecule has 0 atom stereocenters. The number of halogens is 3. The Morgan fingerprint density at radius 2 is 1.61 bits per heavy atom. The number of rotatable bonds is 5. The highest BCUT2D eigenvalue weighted by Crippen LogP contribution is 2.42. The molecule has 1 aliphatic rings. The molecule has 1 aliphatic carbocycles. The lowest BCUT2D eigenvalue weighted by molar-refractivity contribution is -0.167. The first-order chi connectivity index (χ1) is 15.3. The molecule has 33 heavy (non-hydrogen) atoms. The molecule has 0 spiro atoms. The van der Waals surface area contributed by atoms with Crippen LogP contribution >= 0.6 is 0 Å². The molecule has 7 nitrogen and oxygen atoms in total. The van der Waals surface area contributed by atoms with E-state index in [1.807, 2.05) is 6.92 Å². The normalized spacial score (nSPS) is 15.8. The third-order valence-electron chi connectivity index (χ3n) is 5.89. The molecule has 2 aromatic rings. The molecule has 3 rings (SSSR count). The summed E-state index contributed by atoms with van der Waals surface area (Å²) < 4.78 is 63.0. The Labute approximate surface area is 188 Å². The van der Waals surface area contributed by atoms with Gasteiger partial charge in [0.1, 0.15) is 5.75 Å². The van der Waals surface area contributed by atoms with Crippen molar-refractivity contribution in [2.24, 2.45) is 0 Å². The maximum atomic E-state index is 13.5. The molecule has 0 saturated heterocycles. The van der Waals surface area contributed by atoms with Crippen molar-refractivity contribution in [2.45, 2.75) is 55.3 Å². The Morgan fingerprint density at radius 1 is 0.970 bits per heavy atom. The molecule has 2 amide bonds. The van der Waals surface area contributed by atoms with E-state index in [1.165, 1.54) is 23.5 Å². The number of alkyl halides is 3. The number of carbonyl (C=O) groups excluding carboxylic acids is 2. The van der Waals surface area contributed by atoms with Gasteiger partial charge in [0.05, 0.1) is 10.6 Å². The summed E-state index contributed by atoms with van der Waals surface area (Å²) >= 11 is 0. The molecule has 1 saturated carbocycles. The van der Waals surface area contributed by atoms with Gasteiger partial charge in [-0.3, -0.25) is 9.59 Å². The van der Waals surface area contributed by atoms with Crippen LogP contribution in [0.2, 0.25) is 0 Å². The topological polar surface area (TPSA) is 113 Å². The Hall–Kier alpha value is -3.08. The van der Waals surface area contributed by atoms with Crippen LogP contribution in [0.15, 0.2) is 41.3 Å². The fourth-order valence-electron chi connectivity index (χ4n) is 3.82. The van der Waals surface area contributed by atoms with Crippen molar-refractivity contribution in [2.75, 3.05) is 10.6 Å². The summed E-state index contributed by atoms with van der Waals surface area (Å²) in [6.45, 7) is 3.60. The highest BCUT2D eigenvalue weighted by molar-refractivity contribution is 7.93. The van der Waals surface area contributed by atoms with E-state index in [4.69, 9.17) is 0 Å². The van der Waals surface area contributed by atoms with Gasteiger partial charge < -0.3 is 15.7 Å². The molecule has 0 radical (unpaired) electrons. The zero-order valence-corrected chi connectivity index (χ0v) is 18.7. The smallest absolute Gasteiger partial charge is 0.471 e. The van der Waals surface area contributed by atoms with Crippen molar-refractivity contribution < 1.29 is 36.3 Å². The van der Waals surface area contributed by atoms with Crippen LogP contribution in [0.1, 0.15) is 36.8 Å². The molecular formula is C22H23F3N2O5S. The number of benzene rings is 2. The van der Waals surface area contributed by atoms with Gasteiger partial charge in [-0.25, -0.2) is 8.42 Å². The Kier molecular flexibility index (Phi) is 6.47. The van der Waals surface area contributed by atoms with Gasteiger partial charge in [-0.15, -0.1) is 0 Å². The number of amides is 2. The first kappa shape index (κ1) is 24.6. The second kappa shape index (κ2) is 8.69. The summed E-state index contributed by atoms with van der Waals surface area (Å²) in [6, 6.07) is 7.75. The number of nitrogens with one attached hydrogen (secondary N) is 2. The first-order valence-corrected chi connectivity index (χ1v) is 11.6. The molecular weight excluding hydrogens is 461 g/mol. The number of anilines is 2. The first-order valence-electron chi connectivity index (χ1n) is 10.1. The second-order valence-corrected chi connectivity index (χ2v) is 10.3. The van der Waals surface area contributed by atoms with Gasteiger partial charge in [0.25, 0.3) is 0 Å². The Balaban J connectivity index is 1.93. The Bertz CT molecular complexity index is 1200. The van der Waals surface area contributed by atoms with E-state index in [0.717, 1.165) is 23.3 Å². The maximum absolute atomic E-state index is 13.5. The van der Waals surface area contributed by atoms with Crippen molar-refractivity contribution in [1.82, 2.24) is 0 Å². The van der Waals surface area contributed by atoms with Crippen molar-refractivity contribution in [3.05, 3.63) is 47.5 Å². The molecule has 0 aliphatic heterocycles. The zero-order chi connectivity index (χ0) is 24.6. The summed E-state index contributed by atoms with van der Waals surface area (Å²) in [5.41, 5.74) is 1.01. The summed E-state index contributed by atoms with van der Waals surface area (Å²) in [4.78, 5) is 24.5. The van der Waals surface area contributed by atoms with E-state index >= 15 is 0 Å². The van der Waals surface area contributed by atoms with Crippen LogP contribution in [0.4, 0.5) is 24.5 Å². The number of phenolic OH excluding ortho intramolecular Hbond substituents is 1. The van der Waals surface area contributed by atoms with E-state index in [0.29, 0.717) is 12.8 Å². The third-order valence-corrected chi connectivity index (χ3v) is 8.39. The summed E-state index contributed by atoms with van der Waals surface area (Å²) in [6.07, 6.45) is -3.98. The van der Waals surface area contributed by atoms with Crippen LogP contribution < -0.4 is 10.6 Å². The lowest BCUT2D eigenvalue weighted by atomic mass is 10.1. The minimum atomic E-state index is -5.18. The Morgan fingerprint density at radius 3 is 2.18 bits per heavy atom. The second-order valence-electron chi connectivity index (χ2n) is 8.09. The van der Waals surface area contributed by atoms with Crippen LogP contribution in [-0.2, 0) is 19.4 Å². The number of sulfone groups is 1. The average Bonchev–Trinajstić information content (AvgIpc) is 3.23. The maximum Gasteiger partial charge on any atom is 0.471 e. The van der Waals surface area contributed by atoms with Crippen molar-refractivity contribution >= 4 is 33.0 Å². The van der Waals surface area contributed by atoms with Crippen molar-refractivity contribution in [1.29, 1.82) is 0 Å². The highest BCUT2D eigenvalue weighted by atomic mass is 32.2. The monoisotopic (exact) mass is 484 g/mol. The zero-order valence-electron chi connectivity index (χ0n) is 17.9. The molecule has 11 heteroatoms. The SMILES string of the molecule is Cc1ccc(S(=O)(=O)C2(C(=O)Nc3ccc(O)c(NC(=O)C(F)(F)F)c3)CCCC2)cc1C. The fraction of sp³-hybridized carbons (Fsp3) is 0.364. The predicted molar refractivity (Wildman–Crippen MR) is 116 cm³/mol. The van der Waals surface area contributed by atoms with E-state index in [2.05, 4.69) is 5.32 Å². The molecule has 0 aromatic heterocycles. The van der Waals surface area contributed by atoms with Gasteiger partial charge in [0.2, 0.25) is 5.91 Å². The van der Waals surface area contributed by atoms with E-state index in [-0.39, 0.29) is 23.4 Å². The molecule has 0 bridgehead atoms. The van der Waals surface area contributed by atoms with Gasteiger partial charge in [0, 0.05) is 5.69 Å². The summed E-state index contributed by atoms with van der Waals surface area (Å²) in [5.74, 6) is -3.77. The van der Waals surface area contributed by atoms with Gasteiger partial charge in [-0.1, -0.05) is 18.9 Å². The molecule has 2 aromatic carbocycles. The molecule has 0 heterocycles. The van der Waals surface area contributed by atoms with Crippen LogP contribution in [0.25, 0.3) is 0 Å². The van der Waals surface area contributed by atoms with Gasteiger partial charge >= 0.3 is 12.1 Å². The predicted octanol–water partition coefficient (Wildman–Crippen LogP) is 4.24. The van der Waals surface area contributed by atoms with Gasteiger partial charge in [0.15, 0.2) is 14.6 Å². The molecule has 0 unspecified atom stereocenters. The minimum absolute atomic E-state index is 0.0199. The largest absolute Gasteiger partial charge is 0.506 e. The van der Waals surface area contributed by atoms with E-state index < -0.39 is 44.0 Å². The minimum Gasteiger partial charge on any atom is -0.506 e. The molecule has 178 valence electrons. The number of aryl methyl sites for hydroxylation is 2. The molecule has 3 N–H and O–H groups in total. The summed E-state index contributed by atoms with van der Waals surface area (Å²) in [7, 11) is -4.10. The van der Waals surface area contributed by atoms with Crippen LogP contribution in [0.3, 0.4) is 0 Å². The number of carbonyl (C=O) groups is 2. The quantitative estimate of drug-likeness (QED) is 0.434. The van der Waals surface area contributed by atoms with Gasteiger partial charge in [-0.05, 0) is 68.1 Å². The average molecular weight is 484 g/mol. The number of hydrogen-bond donors (Lipinski definition) is 3. The van der Waals surface area contributed by atoms with Crippen LogP contribution in [-0.4, -0.2) is 36.3 Å². The summed E-state index contributed by atoms with van der Waals surface area (Å²) in [5, 5.41) is 13.8. The van der Waals surface area contributed by atoms with Crippen LogP contribution in [0.5, 0.6) is 5.75 Å². The standard InChI is InChI=1S/C22H23F3N2O5S/c1-13-5-7-16(11-14(13)2)33(31,32)21(9-3-4-10-21)19(29)26-15-6-8-18(28)17(12-15)27-20(30)22(23,24)25/h5-8,11-12,28H,3-4,9-10H2,1-2H3,(H,26,29)(H,27,30). The van der Waals surface area contributed by atoms with Crippen LogP contribution in [0, 0.1) is 13.8 Å². The number of hydrogen-bond acceptors (Lipinski definition) is 5. The molecule has 1 fully saturated rings. The number of phenols is 1. The van der Waals surface area contributed by atoms with Crippen molar-refractivity contribution in [3.63, 3.8) is 0 Å². The lowest BCUT2D eigenvalue weighted by Gasteiger charge is -2.28. The highest BCUT2D eigenvalue weighted by Gasteiger charge is 2.53. The lowest BCUT2D eigenvalue weighted by Crippen LogP contribution is -2.47.